The SMILES string of the molecule is NC[SH]1CCCCC1. The number of nitrogens with two attached hydrogens (primary N) is 1. The lowest BCUT2D eigenvalue weighted by Gasteiger charge is -2.23. The van der Waals surface area contributed by atoms with Crippen LogP contribution in [-0.2, 0) is 0 Å². The zero-order valence-corrected chi connectivity index (χ0v) is 6.16. The van der Waals surface area contributed by atoms with Crippen LogP contribution in [0.4, 0.5) is 0 Å². The first-order chi connectivity index (χ1) is 3.93. The van der Waals surface area contributed by atoms with E-state index < -0.39 is 0 Å². The van der Waals surface area contributed by atoms with E-state index in [9.17, 15) is 0 Å². The Balaban J connectivity index is 2.13. The average molecular weight is 133 g/mol. The van der Waals surface area contributed by atoms with Crippen molar-refractivity contribution in [2.45, 2.75) is 19.3 Å². The largest absolute Gasteiger partial charge is 0.323 e. The van der Waals surface area contributed by atoms with Crippen LogP contribution >= 0.6 is 10.9 Å². The third-order valence-corrected chi connectivity index (χ3v) is 4.12. The fraction of sp³-hybridized carbons (Fsp3) is 1.00. The fourth-order valence-electron chi connectivity index (χ4n) is 1.14. The van der Waals surface area contributed by atoms with E-state index in [1.54, 1.807) is 0 Å². The molecule has 1 heterocycles. The summed E-state index contributed by atoms with van der Waals surface area (Å²) < 4.78 is 0. The third-order valence-electron chi connectivity index (χ3n) is 1.71. The monoisotopic (exact) mass is 133 g/mol. The average Bonchev–Trinajstić information content (AvgIpc) is 1.90. The first-order valence-corrected chi connectivity index (χ1v) is 5.25. The van der Waals surface area contributed by atoms with E-state index in [4.69, 9.17) is 5.73 Å². The van der Waals surface area contributed by atoms with E-state index in [0.717, 1.165) is 5.88 Å². The second-order valence-corrected chi connectivity index (χ2v) is 4.96. The maximum absolute atomic E-state index is 5.53. The lowest BCUT2D eigenvalue weighted by molar-refractivity contribution is 0.758. The molecule has 0 saturated carbocycles. The van der Waals surface area contributed by atoms with Gasteiger partial charge in [-0.1, -0.05) is 6.42 Å². The van der Waals surface area contributed by atoms with Crippen LogP contribution < -0.4 is 5.73 Å². The Bertz CT molecular complexity index is 59.5. The molecule has 0 radical (unpaired) electrons. The molecule has 0 aromatic rings. The number of rotatable bonds is 1. The van der Waals surface area contributed by atoms with Crippen molar-refractivity contribution >= 4 is 10.9 Å². The minimum atomic E-state index is 0.308. The zero-order chi connectivity index (χ0) is 5.82. The van der Waals surface area contributed by atoms with Gasteiger partial charge >= 0.3 is 0 Å². The van der Waals surface area contributed by atoms with Gasteiger partial charge in [0.05, 0.1) is 0 Å². The molecule has 0 unspecified atom stereocenters. The number of hydrogen-bond donors (Lipinski definition) is 2. The van der Waals surface area contributed by atoms with Crippen molar-refractivity contribution in [1.82, 2.24) is 0 Å². The predicted molar refractivity (Wildman–Crippen MR) is 41.6 cm³/mol. The quantitative estimate of drug-likeness (QED) is 0.514. The summed E-state index contributed by atoms with van der Waals surface area (Å²) in [6.07, 6.45) is 4.35. The van der Waals surface area contributed by atoms with Crippen LogP contribution in [0.15, 0.2) is 0 Å². The van der Waals surface area contributed by atoms with Crippen LogP contribution in [0, 0.1) is 0 Å². The highest BCUT2D eigenvalue weighted by molar-refractivity contribution is 8.17. The molecule has 0 atom stereocenters. The van der Waals surface area contributed by atoms with Crippen LogP contribution in [0.2, 0.25) is 0 Å². The van der Waals surface area contributed by atoms with E-state index in [1.165, 1.54) is 30.8 Å². The highest BCUT2D eigenvalue weighted by atomic mass is 32.2. The van der Waals surface area contributed by atoms with Gasteiger partial charge in [0.1, 0.15) is 0 Å². The Morgan fingerprint density at radius 2 is 1.75 bits per heavy atom. The maximum Gasteiger partial charge on any atom is 0.0211 e. The van der Waals surface area contributed by atoms with Gasteiger partial charge in [-0.2, -0.15) is 0 Å². The second-order valence-electron chi connectivity index (χ2n) is 2.36. The number of thiol groups is 1. The van der Waals surface area contributed by atoms with Crippen molar-refractivity contribution in [1.29, 1.82) is 0 Å². The van der Waals surface area contributed by atoms with Gasteiger partial charge in [0.15, 0.2) is 0 Å². The van der Waals surface area contributed by atoms with Crippen LogP contribution in [0.1, 0.15) is 19.3 Å². The first-order valence-electron chi connectivity index (χ1n) is 3.36. The molecule has 50 valence electrons. The smallest absolute Gasteiger partial charge is 0.0211 e. The lowest BCUT2D eigenvalue weighted by Crippen LogP contribution is -2.10. The van der Waals surface area contributed by atoms with Crippen molar-refractivity contribution in [2.24, 2.45) is 5.73 Å². The molecular weight excluding hydrogens is 118 g/mol. The normalized spacial score (nSPS) is 25.9. The highest BCUT2D eigenvalue weighted by Crippen LogP contribution is 2.30. The Labute approximate surface area is 54.0 Å². The molecule has 0 aliphatic carbocycles. The molecule has 8 heavy (non-hydrogen) atoms. The zero-order valence-electron chi connectivity index (χ0n) is 5.27. The van der Waals surface area contributed by atoms with Gasteiger partial charge in [0, 0.05) is 5.88 Å². The summed E-state index contributed by atoms with van der Waals surface area (Å²) in [6, 6.07) is 0. The lowest BCUT2D eigenvalue weighted by atomic mass is 10.3. The summed E-state index contributed by atoms with van der Waals surface area (Å²) in [5, 5.41) is 0. The van der Waals surface area contributed by atoms with Crippen molar-refractivity contribution in [2.75, 3.05) is 17.4 Å². The fourth-order valence-corrected chi connectivity index (χ4v) is 3.07. The predicted octanol–water partition coefficient (Wildman–Crippen LogP) is 1.09. The van der Waals surface area contributed by atoms with Gasteiger partial charge in [-0.3, -0.25) is 0 Å². The molecule has 1 fully saturated rings. The highest BCUT2D eigenvalue weighted by Gasteiger charge is 2.05. The molecule has 0 bridgehead atoms. The van der Waals surface area contributed by atoms with Gasteiger partial charge < -0.3 is 5.73 Å². The van der Waals surface area contributed by atoms with Crippen molar-refractivity contribution < 1.29 is 0 Å². The molecule has 1 saturated heterocycles. The van der Waals surface area contributed by atoms with Crippen LogP contribution in [0.5, 0.6) is 0 Å². The van der Waals surface area contributed by atoms with Crippen LogP contribution in [0.3, 0.4) is 0 Å². The second kappa shape index (κ2) is 3.36. The van der Waals surface area contributed by atoms with Gasteiger partial charge in [0.2, 0.25) is 0 Å². The summed E-state index contributed by atoms with van der Waals surface area (Å²) in [7, 11) is 0.308. The van der Waals surface area contributed by atoms with E-state index in [-0.39, 0.29) is 0 Å². The molecule has 0 aromatic heterocycles. The van der Waals surface area contributed by atoms with Crippen molar-refractivity contribution in [3.05, 3.63) is 0 Å². The molecule has 0 amide bonds. The van der Waals surface area contributed by atoms with Gasteiger partial charge in [-0.05, 0) is 24.3 Å². The first kappa shape index (κ1) is 6.43. The number of hydrogen-bond acceptors (Lipinski definition) is 1. The minimum absolute atomic E-state index is 0.308. The Morgan fingerprint density at radius 3 is 2.12 bits per heavy atom. The Morgan fingerprint density at radius 1 is 1.12 bits per heavy atom. The summed E-state index contributed by atoms with van der Waals surface area (Å²) in [6.45, 7) is 0. The van der Waals surface area contributed by atoms with Crippen LogP contribution in [0.25, 0.3) is 0 Å². The molecular formula is C6H15NS. The van der Waals surface area contributed by atoms with Crippen molar-refractivity contribution in [3.63, 3.8) is 0 Å². The van der Waals surface area contributed by atoms with E-state index in [0.29, 0.717) is 10.9 Å². The Kier molecular flexibility index (Phi) is 2.70. The van der Waals surface area contributed by atoms with Crippen molar-refractivity contribution in [3.8, 4) is 0 Å². The summed E-state index contributed by atoms with van der Waals surface area (Å²) in [4.78, 5) is 0. The summed E-state index contributed by atoms with van der Waals surface area (Å²) in [5.74, 6) is 3.88. The maximum atomic E-state index is 5.53. The minimum Gasteiger partial charge on any atom is -0.323 e. The standard InChI is InChI=1S/C6H15NS/c7-6-8-4-2-1-3-5-8/h8H,1-7H2. The van der Waals surface area contributed by atoms with E-state index in [2.05, 4.69) is 0 Å². The Hall–Kier alpha value is 0.310. The molecule has 1 aliphatic rings. The molecule has 2 heteroatoms. The van der Waals surface area contributed by atoms with E-state index in [1.807, 2.05) is 0 Å². The van der Waals surface area contributed by atoms with Gasteiger partial charge in [0.25, 0.3) is 0 Å². The summed E-state index contributed by atoms with van der Waals surface area (Å²) in [5.41, 5.74) is 5.53. The van der Waals surface area contributed by atoms with Gasteiger partial charge in [-0.25, -0.2) is 10.9 Å². The molecule has 1 aliphatic heterocycles. The third kappa shape index (κ3) is 1.67. The van der Waals surface area contributed by atoms with Crippen LogP contribution in [-0.4, -0.2) is 17.4 Å². The molecule has 2 N–H and O–H groups in total. The molecule has 1 rings (SSSR count). The molecule has 1 nitrogen and oxygen atoms in total. The topological polar surface area (TPSA) is 26.0 Å². The summed E-state index contributed by atoms with van der Waals surface area (Å²) >= 11 is 0. The molecule has 0 spiro atoms. The molecule has 0 aromatic carbocycles. The van der Waals surface area contributed by atoms with Gasteiger partial charge in [-0.15, -0.1) is 0 Å². The van der Waals surface area contributed by atoms with E-state index >= 15 is 0 Å².